The second-order valence-corrected chi connectivity index (χ2v) is 4.91. The van der Waals surface area contributed by atoms with E-state index in [-0.39, 0.29) is 11.8 Å². The standard InChI is InChI=1S/C14H18N2O3/c1-9(14(18)19)8-15-5-4-10-2-3-12-11(6-10)7-13(17)16-12/h2-3,6,9,15H,4-5,7-8H2,1H3,(H,16,17)(H,18,19). The van der Waals surface area contributed by atoms with E-state index >= 15 is 0 Å². The number of rotatable bonds is 6. The highest BCUT2D eigenvalue weighted by Crippen LogP contribution is 2.23. The zero-order valence-electron chi connectivity index (χ0n) is 10.9. The molecular formula is C14H18N2O3. The molecule has 0 radical (unpaired) electrons. The van der Waals surface area contributed by atoms with E-state index in [4.69, 9.17) is 5.11 Å². The van der Waals surface area contributed by atoms with E-state index in [1.807, 2.05) is 18.2 Å². The largest absolute Gasteiger partial charge is 0.481 e. The molecule has 0 saturated heterocycles. The van der Waals surface area contributed by atoms with Crippen molar-refractivity contribution in [1.82, 2.24) is 5.32 Å². The van der Waals surface area contributed by atoms with Gasteiger partial charge in [0.15, 0.2) is 0 Å². The van der Waals surface area contributed by atoms with Gasteiger partial charge >= 0.3 is 5.97 Å². The minimum atomic E-state index is -0.783. The number of carboxylic acid groups (broad SMARTS) is 1. The third-order valence-electron chi connectivity index (χ3n) is 3.26. The first-order valence-electron chi connectivity index (χ1n) is 6.41. The molecule has 19 heavy (non-hydrogen) atoms. The van der Waals surface area contributed by atoms with Crippen molar-refractivity contribution < 1.29 is 14.7 Å². The van der Waals surface area contributed by atoms with E-state index in [1.165, 1.54) is 0 Å². The van der Waals surface area contributed by atoms with Gasteiger partial charge in [0.05, 0.1) is 12.3 Å². The maximum atomic E-state index is 11.2. The zero-order valence-corrected chi connectivity index (χ0v) is 10.9. The van der Waals surface area contributed by atoms with E-state index in [1.54, 1.807) is 6.92 Å². The van der Waals surface area contributed by atoms with Gasteiger partial charge in [-0.05, 0) is 30.2 Å². The van der Waals surface area contributed by atoms with Crippen molar-refractivity contribution in [3.8, 4) is 0 Å². The number of nitrogens with one attached hydrogen (secondary N) is 2. The Kier molecular flexibility index (Phi) is 4.16. The summed E-state index contributed by atoms with van der Waals surface area (Å²) in [6.07, 6.45) is 1.28. The van der Waals surface area contributed by atoms with Gasteiger partial charge in [-0.15, -0.1) is 0 Å². The van der Waals surface area contributed by atoms with Crippen molar-refractivity contribution in [1.29, 1.82) is 0 Å². The molecule has 1 amide bonds. The van der Waals surface area contributed by atoms with Crippen molar-refractivity contribution >= 4 is 17.6 Å². The fraction of sp³-hybridized carbons (Fsp3) is 0.429. The Morgan fingerprint density at radius 2 is 2.32 bits per heavy atom. The van der Waals surface area contributed by atoms with Crippen molar-refractivity contribution in [3.63, 3.8) is 0 Å². The third kappa shape index (κ3) is 3.54. The molecule has 1 aliphatic rings. The second kappa shape index (κ2) is 5.84. The second-order valence-electron chi connectivity index (χ2n) is 4.91. The first kappa shape index (κ1) is 13.5. The van der Waals surface area contributed by atoms with Gasteiger partial charge in [0.1, 0.15) is 0 Å². The van der Waals surface area contributed by atoms with Crippen LogP contribution < -0.4 is 10.6 Å². The number of hydrogen-bond donors (Lipinski definition) is 3. The number of aliphatic carboxylic acids is 1. The van der Waals surface area contributed by atoms with Crippen LogP contribution in [0.3, 0.4) is 0 Å². The summed E-state index contributed by atoms with van der Waals surface area (Å²) in [5.74, 6) is -1.11. The Balaban J connectivity index is 1.80. The number of carbonyl (C=O) groups is 2. The van der Waals surface area contributed by atoms with Crippen molar-refractivity contribution in [2.24, 2.45) is 5.92 Å². The molecule has 0 aromatic heterocycles. The molecule has 1 aromatic carbocycles. The minimum absolute atomic E-state index is 0.0422. The lowest BCUT2D eigenvalue weighted by atomic mass is 10.1. The lowest BCUT2D eigenvalue weighted by Gasteiger charge is -2.08. The highest BCUT2D eigenvalue weighted by molar-refractivity contribution is 5.99. The Morgan fingerprint density at radius 3 is 3.05 bits per heavy atom. The number of anilines is 1. The fourth-order valence-corrected chi connectivity index (χ4v) is 2.08. The summed E-state index contributed by atoms with van der Waals surface area (Å²) in [7, 11) is 0. The van der Waals surface area contributed by atoms with Crippen molar-refractivity contribution in [2.75, 3.05) is 18.4 Å². The summed E-state index contributed by atoms with van der Waals surface area (Å²) in [6, 6.07) is 5.96. The molecule has 1 atom stereocenters. The predicted octanol–water partition coefficient (Wildman–Crippen LogP) is 1.03. The lowest BCUT2D eigenvalue weighted by molar-refractivity contribution is -0.140. The van der Waals surface area contributed by atoms with E-state index in [9.17, 15) is 9.59 Å². The topological polar surface area (TPSA) is 78.4 Å². The highest BCUT2D eigenvalue weighted by Gasteiger charge is 2.17. The average molecular weight is 262 g/mol. The van der Waals surface area contributed by atoms with Gasteiger partial charge in [0, 0.05) is 12.2 Å². The quantitative estimate of drug-likeness (QED) is 0.669. The Morgan fingerprint density at radius 1 is 1.53 bits per heavy atom. The van der Waals surface area contributed by atoms with Gasteiger partial charge in [-0.2, -0.15) is 0 Å². The summed E-state index contributed by atoms with van der Waals surface area (Å²) >= 11 is 0. The molecule has 1 aliphatic heterocycles. The molecule has 0 spiro atoms. The Bertz CT molecular complexity index is 499. The monoisotopic (exact) mass is 262 g/mol. The summed E-state index contributed by atoms with van der Waals surface area (Å²) in [5, 5.41) is 14.7. The maximum Gasteiger partial charge on any atom is 0.307 e. The highest BCUT2D eigenvalue weighted by atomic mass is 16.4. The molecule has 0 aliphatic carbocycles. The molecule has 5 nitrogen and oxygen atoms in total. The lowest BCUT2D eigenvalue weighted by Crippen LogP contribution is -2.27. The predicted molar refractivity (Wildman–Crippen MR) is 72.1 cm³/mol. The fourth-order valence-electron chi connectivity index (χ4n) is 2.08. The van der Waals surface area contributed by atoms with Gasteiger partial charge in [0.25, 0.3) is 0 Å². The van der Waals surface area contributed by atoms with Crippen LogP contribution in [0.1, 0.15) is 18.1 Å². The number of carboxylic acids is 1. The molecule has 1 heterocycles. The van der Waals surface area contributed by atoms with Crippen LogP contribution in [0.4, 0.5) is 5.69 Å². The van der Waals surface area contributed by atoms with Crippen LogP contribution in [0.5, 0.6) is 0 Å². The number of hydrogen-bond acceptors (Lipinski definition) is 3. The third-order valence-corrected chi connectivity index (χ3v) is 3.26. The molecule has 0 bridgehead atoms. The normalized spacial score (nSPS) is 14.9. The van der Waals surface area contributed by atoms with Crippen LogP contribution in [0.2, 0.25) is 0 Å². The molecule has 3 N–H and O–H groups in total. The molecule has 5 heteroatoms. The van der Waals surface area contributed by atoms with Gasteiger partial charge < -0.3 is 15.7 Å². The number of amides is 1. The first-order valence-corrected chi connectivity index (χ1v) is 6.41. The molecule has 1 unspecified atom stereocenters. The SMILES string of the molecule is CC(CNCCc1ccc2c(c1)CC(=O)N2)C(=O)O. The molecule has 1 aromatic rings. The van der Waals surface area contributed by atoms with Crippen LogP contribution in [0.25, 0.3) is 0 Å². The van der Waals surface area contributed by atoms with Gasteiger partial charge in [-0.1, -0.05) is 19.1 Å². The average Bonchev–Trinajstić information content (AvgIpc) is 2.73. The first-order chi connectivity index (χ1) is 9.06. The summed E-state index contributed by atoms with van der Waals surface area (Å²) < 4.78 is 0. The molecule has 2 rings (SSSR count). The minimum Gasteiger partial charge on any atom is -0.481 e. The summed E-state index contributed by atoms with van der Waals surface area (Å²) in [4.78, 5) is 21.9. The number of fused-ring (bicyclic) bond motifs is 1. The van der Waals surface area contributed by atoms with Crippen LogP contribution >= 0.6 is 0 Å². The molecule has 0 saturated carbocycles. The maximum absolute atomic E-state index is 11.2. The van der Waals surface area contributed by atoms with Crippen LogP contribution in [-0.4, -0.2) is 30.1 Å². The smallest absolute Gasteiger partial charge is 0.307 e. The van der Waals surface area contributed by atoms with Gasteiger partial charge in [-0.3, -0.25) is 9.59 Å². The van der Waals surface area contributed by atoms with Crippen molar-refractivity contribution in [2.45, 2.75) is 19.8 Å². The van der Waals surface area contributed by atoms with E-state index < -0.39 is 5.97 Å². The molecular weight excluding hydrogens is 244 g/mol. The zero-order chi connectivity index (χ0) is 13.8. The van der Waals surface area contributed by atoms with Crippen LogP contribution in [-0.2, 0) is 22.4 Å². The summed E-state index contributed by atoms with van der Waals surface area (Å²) in [5.41, 5.74) is 3.10. The van der Waals surface area contributed by atoms with Crippen LogP contribution in [0, 0.1) is 5.92 Å². The Labute approximate surface area is 112 Å². The molecule has 102 valence electrons. The van der Waals surface area contributed by atoms with Crippen molar-refractivity contribution in [3.05, 3.63) is 29.3 Å². The van der Waals surface area contributed by atoms with E-state index in [0.29, 0.717) is 13.0 Å². The van der Waals surface area contributed by atoms with Crippen LogP contribution in [0.15, 0.2) is 18.2 Å². The van der Waals surface area contributed by atoms with Gasteiger partial charge in [0.2, 0.25) is 5.91 Å². The van der Waals surface area contributed by atoms with E-state index in [2.05, 4.69) is 10.6 Å². The summed E-state index contributed by atoms with van der Waals surface area (Å²) in [6.45, 7) is 2.89. The Hall–Kier alpha value is -1.88. The van der Waals surface area contributed by atoms with E-state index in [0.717, 1.165) is 29.8 Å². The molecule has 0 fully saturated rings. The number of benzene rings is 1. The number of carbonyl (C=O) groups excluding carboxylic acids is 1. The van der Waals surface area contributed by atoms with Gasteiger partial charge in [-0.25, -0.2) is 0 Å².